The highest BCUT2D eigenvalue weighted by Crippen LogP contribution is 2.26. The zero-order valence-corrected chi connectivity index (χ0v) is 14.2. The molecule has 2 aromatic heterocycles. The van der Waals surface area contributed by atoms with Crippen molar-refractivity contribution >= 4 is 28.7 Å². The summed E-state index contributed by atoms with van der Waals surface area (Å²) in [5, 5.41) is 8.00. The lowest BCUT2D eigenvalue weighted by Gasteiger charge is -2.36. The molecule has 22 heavy (non-hydrogen) atoms. The van der Waals surface area contributed by atoms with Gasteiger partial charge in [0.25, 0.3) is 0 Å². The summed E-state index contributed by atoms with van der Waals surface area (Å²) in [5.74, 6) is 0. The number of aryl methyl sites for hydroxylation is 1. The van der Waals surface area contributed by atoms with Crippen LogP contribution in [0.1, 0.15) is 28.5 Å². The number of ether oxygens (including phenoxy) is 1. The maximum Gasteiger partial charge on any atom is 0.317 e. The van der Waals surface area contributed by atoms with Crippen molar-refractivity contribution in [3.8, 4) is 0 Å². The van der Waals surface area contributed by atoms with Crippen LogP contribution in [0.5, 0.6) is 0 Å². The predicted molar refractivity (Wildman–Crippen MR) is 88.3 cm³/mol. The first kappa shape index (κ1) is 15.5. The van der Waals surface area contributed by atoms with Crippen molar-refractivity contribution in [1.29, 1.82) is 0 Å². The lowest BCUT2D eigenvalue weighted by atomic mass is 10.1. The Kier molecular flexibility index (Phi) is 4.75. The Morgan fingerprint density at radius 2 is 2.41 bits per heavy atom. The van der Waals surface area contributed by atoms with Crippen molar-refractivity contribution < 1.29 is 9.53 Å². The third-order valence-corrected chi connectivity index (χ3v) is 5.14. The van der Waals surface area contributed by atoms with Gasteiger partial charge in [-0.2, -0.15) is 11.3 Å². The van der Waals surface area contributed by atoms with Crippen molar-refractivity contribution in [2.45, 2.75) is 32.6 Å². The maximum absolute atomic E-state index is 12.4. The lowest BCUT2D eigenvalue weighted by Crippen LogP contribution is -2.49. The average molecular weight is 337 g/mol. The largest absolute Gasteiger partial charge is 0.367 e. The summed E-state index contributed by atoms with van der Waals surface area (Å²) in [6.07, 6.45) is 1.82. The standard InChI is InChI=1S/C15H19N3O2S2/c1-10-7-18(8-13(20-10)12-3-4-21-9-12)15(19)17-6-14-16-5-11(2)22-14/h3-5,9-10,13H,6-8H2,1-2H3,(H,17,19)/t10-,13-/m1/s1. The molecule has 1 fully saturated rings. The second-order valence-electron chi connectivity index (χ2n) is 5.42. The molecule has 0 aromatic carbocycles. The predicted octanol–water partition coefficient (Wildman–Crippen LogP) is 3.18. The first-order chi connectivity index (χ1) is 10.6. The first-order valence-electron chi connectivity index (χ1n) is 7.23. The summed E-state index contributed by atoms with van der Waals surface area (Å²) in [5.41, 5.74) is 1.14. The van der Waals surface area contributed by atoms with Crippen LogP contribution in [0.4, 0.5) is 4.79 Å². The molecule has 0 unspecified atom stereocenters. The summed E-state index contributed by atoms with van der Waals surface area (Å²) in [6, 6.07) is 2.00. The summed E-state index contributed by atoms with van der Waals surface area (Å²) in [4.78, 5) is 19.6. The normalized spacial score (nSPS) is 21.8. The summed E-state index contributed by atoms with van der Waals surface area (Å²) >= 11 is 3.26. The van der Waals surface area contributed by atoms with Crippen molar-refractivity contribution in [2.75, 3.05) is 13.1 Å². The van der Waals surface area contributed by atoms with Gasteiger partial charge in [-0.1, -0.05) is 0 Å². The van der Waals surface area contributed by atoms with Crippen LogP contribution in [0.25, 0.3) is 0 Å². The van der Waals surface area contributed by atoms with E-state index in [1.807, 2.05) is 30.3 Å². The summed E-state index contributed by atoms with van der Waals surface area (Å²) in [6.45, 7) is 5.69. The number of amides is 2. The van der Waals surface area contributed by atoms with E-state index in [0.29, 0.717) is 19.6 Å². The van der Waals surface area contributed by atoms with Crippen molar-refractivity contribution in [2.24, 2.45) is 0 Å². The minimum atomic E-state index is -0.0526. The van der Waals surface area contributed by atoms with Gasteiger partial charge in [-0.25, -0.2) is 9.78 Å². The van der Waals surface area contributed by atoms with Gasteiger partial charge >= 0.3 is 6.03 Å². The minimum absolute atomic E-state index is 0.0338. The molecule has 118 valence electrons. The second-order valence-corrected chi connectivity index (χ2v) is 7.52. The first-order valence-corrected chi connectivity index (χ1v) is 8.99. The minimum Gasteiger partial charge on any atom is -0.367 e. The molecule has 5 nitrogen and oxygen atoms in total. The van der Waals surface area contributed by atoms with Gasteiger partial charge < -0.3 is 15.0 Å². The van der Waals surface area contributed by atoms with Crippen LogP contribution in [0.15, 0.2) is 23.0 Å². The molecule has 0 aliphatic carbocycles. The molecule has 3 heterocycles. The molecular formula is C15H19N3O2S2. The van der Waals surface area contributed by atoms with Gasteiger partial charge in [-0.15, -0.1) is 11.3 Å². The number of rotatable bonds is 3. The Balaban J connectivity index is 1.59. The van der Waals surface area contributed by atoms with E-state index >= 15 is 0 Å². The van der Waals surface area contributed by atoms with Crippen LogP contribution in [-0.4, -0.2) is 35.1 Å². The fourth-order valence-electron chi connectivity index (χ4n) is 2.51. The molecule has 1 N–H and O–H groups in total. The SMILES string of the molecule is Cc1cnc(CNC(=O)N2C[C@@H](C)O[C@@H](c3ccsc3)C2)s1. The highest BCUT2D eigenvalue weighted by Gasteiger charge is 2.29. The Morgan fingerprint density at radius 3 is 3.09 bits per heavy atom. The van der Waals surface area contributed by atoms with Gasteiger partial charge in [0.1, 0.15) is 11.1 Å². The number of carbonyl (C=O) groups is 1. The number of carbonyl (C=O) groups excluding carboxylic acids is 1. The van der Waals surface area contributed by atoms with Crippen LogP contribution in [-0.2, 0) is 11.3 Å². The van der Waals surface area contributed by atoms with Crippen molar-refractivity contribution in [3.05, 3.63) is 38.5 Å². The summed E-state index contributed by atoms with van der Waals surface area (Å²) in [7, 11) is 0. The van der Waals surface area contributed by atoms with E-state index in [-0.39, 0.29) is 18.2 Å². The zero-order chi connectivity index (χ0) is 15.5. The van der Waals surface area contributed by atoms with Gasteiger partial charge in [0.2, 0.25) is 0 Å². The van der Waals surface area contributed by atoms with E-state index in [1.165, 1.54) is 0 Å². The molecule has 0 saturated carbocycles. The molecule has 1 aliphatic rings. The van der Waals surface area contributed by atoms with E-state index in [9.17, 15) is 4.79 Å². The van der Waals surface area contributed by atoms with Gasteiger partial charge in [0.15, 0.2) is 0 Å². The van der Waals surface area contributed by atoms with Crippen LogP contribution < -0.4 is 5.32 Å². The Bertz CT molecular complexity index is 627. The molecule has 7 heteroatoms. The van der Waals surface area contributed by atoms with Gasteiger partial charge in [-0.05, 0) is 36.2 Å². The number of nitrogens with one attached hydrogen (secondary N) is 1. The van der Waals surface area contributed by atoms with Crippen LogP contribution in [0.3, 0.4) is 0 Å². The molecule has 3 rings (SSSR count). The number of aromatic nitrogens is 1. The van der Waals surface area contributed by atoms with Gasteiger partial charge in [-0.3, -0.25) is 0 Å². The highest BCUT2D eigenvalue weighted by atomic mass is 32.1. The number of morpholine rings is 1. The highest BCUT2D eigenvalue weighted by molar-refractivity contribution is 7.11. The second kappa shape index (κ2) is 6.76. The molecule has 0 radical (unpaired) electrons. The van der Waals surface area contributed by atoms with E-state index in [1.54, 1.807) is 22.7 Å². The maximum atomic E-state index is 12.4. The topological polar surface area (TPSA) is 54.5 Å². The molecule has 1 saturated heterocycles. The molecular weight excluding hydrogens is 318 g/mol. The number of nitrogens with zero attached hydrogens (tertiary/aromatic N) is 2. The number of hydrogen-bond acceptors (Lipinski definition) is 5. The van der Waals surface area contributed by atoms with E-state index in [0.717, 1.165) is 15.4 Å². The van der Waals surface area contributed by atoms with Crippen LogP contribution >= 0.6 is 22.7 Å². The molecule has 2 amide bonds. The monoisotopic (exact) mass is 337 g/mol. The van der Waals surface area contributed by atoms with Gasteiger partial charge in [0.05, 0.1) is 19.2 Å². The summed E-state index contributed by atoms with van der Waals surface area (Å²) < 4.78 is 5.95. The van der Waals surface area contributed by atoms with Crippen LogP contribution in [0, 0.1) is 6.92 Å². The number of thiazole rings is 1. The van der Waals surface area contributed by atoms with Gasteiger partial charge in [0, 0.05) is 17.6 Å². The molecule has 0 bridgehead atoms. The molecule has 2 aromatic rings. The average Bonchev–Trinajstić information content (AvgIpc) is 3.15. The van der Waals surface area contributed by atoms with E-state index in [2.05, 4.69) is 21.7 Å². The third kappa shape index (κ3) is 3.66. The number of thiophene rings is 1. The van der Waals surface area contributed by atoms with Crippen LogP contribution in [0.2, 0.25) is 0 Å². The van der Waals surface area contributed by atoms with Crippen molar-refractivity contribution in [3.63, 3.8) is 0 Å². The smallest absolute Gasteiger partial charge is 0.317 e. The van der Waals surface area contributed by atoms with E-state index < -0.39 is 0 Å². The fourth-order valence-corrected chi connectivity index (χ4v) is 3.93. The number of urea groups is 1. The van der Waals surface area contributed by atoms with Crippen molar-refractivity contribution in [1.82, 2.24) is 15.2 Å². The zero-order valence-electron chi connectivity index (χ0n) is 12.6. The Morgan fingerprint density at radius 1 is 1.55 bits per heavy atom. The molecule has 0 spiro atoms. The molecule has 1 aliphatic heterocycles. The Hall–Kier alpha value is -1.44. The Labute approximate surface area is 137 Å². The third-order valence-electron chi connectivity index (χ3n) is 3.52. The number of hydrogen-bond donors (Lipinski definition) is 1. The quantitative estimate of drug-likeness (QED) is 0.936. The van der Waals surface area contributed by atoms with E-state index in [4.69, 9.17) is 4.74 Å². The molecule has 2 atom stereocenters. The fraction of sp³-hybridized carbons (Fsp3) is 0.467. The lowest BCUT2D eigenvalue weighted by molar-refractivity contribution is -0.0655.